The predicted octanol–water partition coefficient (Wildman–Crippen LogP) is 1.73. The van der Waals surface area contributed by atoms with Crippen LogP contribution in [0.15, 0.2) is 0 Å². The molecule has 1 saturated heterocycles. The molecule has 16 heavy (non-hydrogen) atoms. The van der Waals surface area contributed by atoms with Crippen LogP contribution in [0.3, 0.4) is 0 Å². The van der Waals surface area contributed by atoms with Gasteiger partial charge < -0.3 is 10.1 Å². The van der Waals surface area contributed by atoms with Crippen molar-refractivity contribution in [2.45, 2.75) is 46.2 Å². The summed E-state index contributed by atoms with van der Waals surface area (Å²) in [5.74, 6) is 0.701. The van der Waals surface area contributed by atoms with E-state index in [2.05, 4.69) is 37.9 Å². The van der Waals surface area contributed by atoms with E-state index in [0.717, 1.165) is 32.8 Å². The molecule has 0 bridgehead atoms. The highest BCUT2D eigenvalue weighted by atomic mass is 16.5. The summed E-state index contributed by atoms with van der Waals surface area (Å²) >= 11 is 0. The number of nitrogens with zero attached hydrogens (tertiary/aromatic N) is 1. The Morgan fingerprint density at radius 3 is 2.75 bits per heavy atom. The molecule has 0 aromatic heterocycles. The van der Waals surface area contributed by atoms with Gasteiger partial charge in [-0.1, -0.05) is 20.8 Å². The summed E-state index contributed by atoms with van der Waals surface area (Å²) in [5, 5.41) is 3.44. The molecule has 1 aliphatic heterocycles. The maximum atomic E-state index is 5.56. The van der Waals surface area contributed by atoms with Gasteiger partial charge in [-0.05, 0) is 32.4 Å². The van der Waals surface area contributed by atoms with Gasteiger partial charge in [-0.15, -0.1) is 0 Å². The minimum Gasteiger partial charge on any atom is -0.378 e. The summed E-state index contributed by atoms with van der Waals surface area (Å²) in [6, 6.07) is 1.26. The Morgan fingerprint density at radius 2 is 2.12 bits per heavy atom. The molecule has 0 aromatic carbocycles. The molecule has 0 aliphatic carbocycles. The molecular formula is C13H28N2O. The Morgan fingerprint density at radius 1 is 1.38 bits per heavy atom. The van der Waals surface area contributed by atoms with Crippen molar-refractivity contribution < 1.29 is 4.74 Å². The van der Waals surface area contributed by atoms with Crippen molar-refractivity contribution in [2.75, 3.05) is 32.8 Å². The van der Waals surface area contributed by atoms with Crippen molar-refractivity contribution in [3.63, 3.8) is 0 Å². The average molecular weight is 228 g/mol. The highest BCUT2D eigenvalue weighted by Crippen LogP contribution is 2.18. The smallest absolute Gasteiger partial charge is 0.0622 e. The van der Waals surface area contributed by atoms with E-state index in [-0.39, 0.29) is 0 Å². The van der Waals surface area contributed by atoms with Crippen LogP contribution in [0.25, 0.3) is 0 Å². The lowest BCUT2D eigenvalue weighted by atomic mass is 9.99. The molecular weight excluding hydrogens is 200 g/mol. The predicted molar refractivity (Wildman–Crippen MR) is 68.8 cm³/mol. The van der Waals surface area contributed by atoms with Gasteiger partial charge in [-0.25, -0.2) is 0 Å². The van der Waals surface area contributed by atoms with Crippen molar-refractivity contribution in [1.82, 2.24) is 10.2 Å². The summed E-state index contributed by atoms with van der Waals surface area (Å²) in [6.07, 6.45) is 1.19. The second kappa shape index (κ2) is 7.25. The van der Waals surface area contributed by atoms with Crippen LogP contribution in [0.5, 0.6) is 0 Å². The third-order valence-electron chi connectivity index (χ3n) is 3.81. The summed E-state index contributed by atoms with van der Waals surface area (Å²) in [7, 11) is 0. The summed E-state index contributed by atoms with van der Waals surface area (Å²) in [5.41, 5.74) is 0. The molecule has 96 valence electrons. The van der Waals surface area contributed by atoms with E-state index in [0.29, 0.717) is 18.0 Å². The molecule has 3 heteroatoms. The van der Waals surface area contributed by atoms with Gasteiger partial charge in [-0.2, -0.15) is 0 Å². The molecule has 0 saturated carbocycles. The van der Waals surface area contributed by atoms with E-state index < -0.39 is 0 Å². The van der Waals surface area contributed by atoms with Gasteiger partial charge in [0.1, 0.15) is 0 Å². The number of rotatable bonds is 6. The summed E-state index contributed by atoms with van der Waals surface area (Å²) < 4.78 is 5.56. The monoisotopic (exact) mass is 228 g/mol. The average Bonchev–Trinajstić information content (AvgIpc) is 2.34. The number of ether oxygens (including phenoxy) is 1. The number of morpholine rings is 1. The van der Waals surface area contributed by atoms with Crippen LogP contribution in [0.4, 0.5) is 0 Å². The first-order chi connectivity index (χ1) is 7.70. The first-order valence-corrected chi connectivity index (χ1v) is 6.74. The number of nitrogens with one attached hydrogen (secondary N) is 1. The van der Waals surface area contributed by atoms with E-state index >= 15 is 0 Å². The second-order valence-electron chi connectivity index (χ2n) is 4.90. The van der Waals surface area contributed by atoms with E-state index in [1.54, 1.807) is 0 Å². The third kappa shape index (κ3) is 3.72. The van der Waals surface area contributed by atoms with E-state index in [1.165, 1.54) is 6.42 Å². The van der Waals surface area contributed by atoms with E-state index in [1.807, 2.05) is 0 Å². The zero-order chi connectivity index (χ0) is 12.0. The van der Waals surface area contributed by atoms with Crippen LogP contribution in [0.2, 0.25) is 0 Å². The molecule has 1 heterocycles. The quantitative estimate of drug-likeness (QED) is 0.749. The van der Waals surface area contributed by atoms with Crippen LogP contribution < -0.4 is 5.32 Å². The van der Waals surface area contributed by atoms with E-state index in [9.17, 15) is 0 Å². The van der Waals surface area contributed by atoms with Crippen molar-refractivity contribution in [2.24, 2.45) is 5.92 Å². The zero-order valence-electron chi connectivity index (χ0n) is 11.3. The van der Waals surface area contributed by atoms with Crippen LogP contribution in [0, 0.1) is 5.92 Å². The minimum atomic E-state index is 0.618. The van der Waals surface area contributed by atoms with E-state index in [4.69, 9.17) is 4.74 Å². The molecule has 0 spiro atoms. The minimum absolute atomic E-state index is 0.618. The molecule has 0 radical (unpaired) electrons. The van der Waals surface area contributed by atoms with Gasteiger partial charge >= 0.3 is 0 Å². The van der Waals surface area contributed by atoms with Crippen molar-refractivity contribution >= 4 is 0 Å². The molecule has 3 unspecified atom stereocenters. The molecule has 1 N–H and O–H groups in total. The van der Waals surface area contributed by atoms with Crippen LogP contribution in [-0.2, 0) is 4.74 Å². The highest BCUT2D eigenvalue weighted by Gasteiger charge is 2.28. The number of hydrogen-bond acceptors (Lipinski definition) is 3. The maximum Gasteiger partial charge on any atom is 0.0622 e. The molecule has 1 fully saturated rings. The number of hydrogen-bond donors (Lipinski definition) is 1. The van der Waals surface area contributed by atoms with Gasteiger partial charge in [-0.3, -0.25) is 4.90 Å². The van der Waals surface area contributed by atoms with Crippen LogP contribution in [-0.4, -0.2) is 49.8 Å². The molecule has 0 amide bonds. The fraction of sp³-hybridized carbons (Fsp3) is 1.00. The molecule has 1 aliphatic rings. The normalized spacial score (nSPS) is 26.6. The molecule has 1 rings (SSSR count). The third-order valence-corrected chi connectivity index (χ3v) is 3.81. The topological polar surface area (TPSA) is 24.5 Å². The van der Waals surface area contributed by atoms with Gasteiger partial charge in [0.05, 0.1) is 13.2 Å². The largest absolute Gasteiger partial charge is 0.378 e. The molecule has 3 nitrogen and oxygen atoms in total. The lowest BCUT2D eigenvalue weighted by molar-refractivity contribution is -0.0364. The Bertz CT molecular complexity index is 187. The van der Waals surface area contributed by atoms with Crippen LogP contribution >= 0.6 is 0 Å². The Labute approximate surface area is 101 Å². The fourth-order valence-electron chi connectivity index (χ4n) is 2.43. The standard InChI is InChI=1S/C13H28N2O/c1-5-13-10-16-8-7-15(13)12(4)11(3)9-14-6-2/h11-14H,5-10H2,1-4H3. The van der Waals surface area contributed by atoms with Crippen molar-refractivity contribution in [3.8, 4) is 0 Å². The van der Waals surface area contributed by atoms with Gasteiger partial charge in [0.2, 0.25) is 0 Å². The maximum absolute atomic E-state index is 5.56. The van der Waals surface area contributed by atoms with Crippen molar-refractivity contribution in [1.29, 1.82) is 0 Å². The Balaban J connectivity index is 2.45. The lowest BCUT2D eigenvalue weighted by Gasteiger charge is -2.41. The Kier molecular flexibility index (Phi) is 6.32. The van der Waals surface area contributed by atoms with Gasteiger partial charge in [0, 0.05) is 18.6 Å². The van der Waals surface area contributed by atoms with Crippen molar-refractivity contribution in [3.05, 3.63) is 0 Å². The summed E-state index contributed by atoms with van der Waals surface area (Å²) in [4.78, 5) is 2.63. The molecule has 0 aromatic rings. The highest BCUT2D eigenvalue weighted by molar-refractivity contribution is 4.82. The summed E-state index contributed by atoms with van der Waals surface area (Å²) in [6.45, 7) is 14.2. The Hall–Kier alpha value is -0.120. The second-order valence-corrected chi connectivity index (χ2v) is 4.90. The first-order valence-electron chi connectivity index (χ1n) is 6.74. The zero-order valence-corrected chi connectivity index (χ0v) is 11.3. The van der Waals surface area contributed by atoms with Crippen LogP contribution in [0.1, 0.15) is 34.1 Å². The lowest BCUT2D eigenvalue weighted by Crippen LogP contribution is -2.52. The fourth-order valence-corrected chi connectivity index (χ4v) is 2.43. The SMILES string of the molecule is CCNCC(C)C(C)N1CCOCC1CC. The first kappa shape index (κ1) is 13.9. The van der Waals surface area contributed by atoms with Gasteiger partial charge in [0.25, 0.3) is 0 Å². The van der Waals surface area contributed by atoms with Gasteiger partial charge in [0.15, 0.2) is 0 Å². The molecule has 3 atom stereocenters.